The van der Waals surface area contributed by atoms with Crippen LogP contribution in [-0.2, 0) is 9.53 Å². The van der Waals surface area contributed by atoms with E-state index < -0.39 is 0 Å². The van der Waals surface area contributed by atoms with Gasteiger partial charge in [0.25, 0.3) is 0 Å². The third-order valence-electron chi connectivity index (χ3n) is 1.91. The Labute approximate surface area is 105 Å². The highest BCUT2D eigenvalue weighted by atomic mass is 32.2. The van der Waals surface area contributed by atoms with Crippen LogP contribution in [0.1, 0.15) is 6.92 Å². The largest absolute Gasteiger partial charge is 0.394 e. The van der Waals surface area contributed by atoms with Crippen molar-refractivity contribution < 1.29 is 14.6 Å². The number of aliphatic hydroxyl groups excluding tert-OH is 1. The van der Waals surface area contributed by atoms with Crippen LogP contribution in [-0.4, -0.2) is 36.6 Å². The maximum absolute atomic E-state index is 10.8. The summed E-state index contributed by atoms with van der Waals surface area (Å²) < 4.78 is 5.15. The molecule has 0 spiro atoms. The van der Waals surface area contributed by atoms with Gasteiger partial charge in [0.05, 0.1) is 19.8 Å². The highest BCUT2D eigenvalue weighted by molar-refractivity contribution is 7.99. The van der Waals surface area contributed by atoms with Gasteiger partial charge in [-0.15, -0.1) is 11.8 Å². The molecule has 0 aromatic heterocycles. The van der Waals surface area contributed by atoms with Gasteiger partial charge >= 0.3 is 0 Å². The fourth-order valence-electron chi connectivity index (χ4n) is 1.22. The Morgan fingerprint density at radius 2 is 2.06 bits per heavy atom. The summed E-state index contributed by atoms with van der Waals surface area (Å²) >= 11 is 1.68. The number of rotatable bonds is 7. The van der Waals surface area contributed by atoms with Gasteiger partial charge in [-0.1, -0.05) is 0 Å². The van der Waals surface area contributed by atoms with Crippen LogP contribution in [0.15, 0.2) is 29.2 Å². The first-order valence-electron chi connectivity index (χ1n) is 5.41. The smallest absolute Gasteiger partial charge is 0.221 e. The molecule has 0 atom stereocenters. The van der Waals surface area contributed by atoms with Crippen molar-refractivity contribution in [3.05, 3.63) is 24.3 Å². The first-order chi connectivity index (χ1) is 8.22. The van der Waals surface area contributed by atoms with Gasteiger partial charge in [-0.25, -0.2) is 0 Å². The SMILES string of the molecule is CC(=O)Nc1ccc(SCCOCCO)cc1. The summed E-state index contributed by atoms with van der Waals surface area (Å²) in [5.74, 6) is 0.780. The number of hydrogen-bond acceptors (Lipinski definition) is 4. The first kappa shape index (κ1) is 14.0. The van der Waals surface area contributed by atoms with E-state index in [1.807, 2.05) is 24.3 Å². The van der Waals surface area contributed by atoms with E-state index in [0.717, 1.165) is 16.3 Å². The first-order valence-corrected chi connectivity index (χ1v) is 6.40. The Morgan fingerprint density at radius 1 is 1.35 bits per heavy atom. The lowest BCUT2D eigenvalue weighted by molar-refractivity contribution is -0.114. The number of ether oxygens (including phenoxy) is 1. The molecule has 1 rings (SSSR count). The van der Waals surface area contributed by atoms with E-state index in [0.29, 0.717) is 13.2 Å². The molecule has 94 valence electrons. The van der Waals surface area contributed by atoms with E-state index in [2.05, 4.69) is 5.32 Å². The normalized spacial score (nSPS) is 10.2. The van der Waals surface area contributed by atoms with Crippen molar-refractivity contribution in [1.29, 1.82) is 0 Å². The Kier molecular flexibility index (Phi) is 6.69. The molecule has 0 saturated heterocycles. The Balaban J connectivity index is 2.28. The monoisotopic (exact) mass is 255 g/mol. The van der Waals surface area contributed by atoms with E-state index >= 15 is 0 Å². The predicted octanol–water partition coefficient (Wildman–Crippen LogP) is 1.75. The summed E-state index contributed by atoms with van der Waals surface area (Å²) in [7, 11) is 0. The third kappa shape index (κ3) is 6.31. The standard InChI is InChI=1S/C12H17NO3S/c1-10(15)13-11-2-4-12(5-3-11)17-9-8-16-7-6-14/h2-5,14H,6-9H2,1H3,(H,13,15). The van der Waals surface area contributed by atoms with E-state index in [-0.39, 0.29) is 12.5 Å². The van der Waals surface area contributed by atoms with E-state index in [4.69, 9.17) is 9.84 Å². The van der Waals surface area contributed by atoms with Crippen molar-refractivity contribution in [3.8, 4) is 0 Å². The molecule has 0 aliphatic rings. The topological polar surface area (TPSA) is 58.6 Å². The average Bonchev–Trinajstić information content (AvgIpc) is 2.30. The minimum atomic E-state index is -0.0668. The minimum Gasteiger partial charge on any atom is -0.394 e. The van der Waals surface area contributed by atoms with Gasteiger partial charge < -0.3 is 15.2 Å². The number of amides is 1. The highest BCUT2D eigenvalue weighted by Gasteiger charge is 1.97. The van der Waals surface area contributed by atoms with Crippen LogP contribution in [0.4, 0.5) is 5.69 Å². The molecule has 0 bridgehead atoms. The van der Waals surface area contributed by atoms with Gasteiger partial charge in [-0.05, 0) is 24.3 Å². The maximum Gasteiger partial charge on any atom is 0.221 e. The Hall–Kier alpha value is -1.04. The molecule has 1 amide bonds. The number of nitrogens with one attached hydrogen (secondary N) is 1. The predicted molar refractivity (Wildman–Crippen MR) is 69.4 cm³/mol. The molecule has 0 heterocycles. The second-order valence-electron chi connectivity index (χ2n) is 3.39. The zero-order valence-electron chi connectivity index (χ0n) is 9.81. The number of aliphatic hydroxyl groups is 1. The quantitative estimate of drug-likeness (QED) is 0.575. The molecule has 1 aromatic rings. The zero-order valence-corrected chi connectivity index (χ0v) is 10.6. The van der Waals surface area contributed by atoms with Crippen LogP contribution in [0, 0.1) is 0 Å². The summed E-state index contributed by atoms with van der Waals surface area (Å²) in [6.07, 6.45) is 0. The van der Waals surface area contributed by atoms with Crippen molar-refractivity contribution in [2.24, 2.45) is 0 Å². The van der Waals surface area contributed by atoms with E-state index in [1.165, 1.54) is 6.92 Å². The van der Waals surface area contributed by atoms with Crippen LogP contribution in [0.5, 0.6) is 0 Å². The molecule has 1 aromatic carbocycles. The van der Waals surface area contributed by atoms with Crippen molar-refractivity contribution in [2.75, 3.05) is 30.9 Å². The average molecular weight is 255 g/mol. The van der Waals surface area contributed by atoms with Gasteiger partial charge in [-0.2, -0.15) is 0 Å². The number of carbonyl (C=O) groups excluding carboxylic acids is 1. The second-order valence-corrected chi connectivity index (χ2v) is 4.56. The molecule has 0 unspecified atom stereocenters. The number of anilines is 1. The number of carbonyl (C=O) groups is 1. The molecule has 0 fully saturated rings. The lowest BCUT2D eigenvalue weighted by atomic mass is 10.3. The molecule has 0 aliphatic heterocycles. The van der Waals surface area contributed by atoms with Gasteiger partial charge in [0.1, 0.15) is 0 Å². The van der Waals surface area contributed by atoms with Crippen LogP contribution >= 0.6 is 11.8 Å². The van der Waals surface area contributed by atoms with Crippen molar-refractivity contribution >= 4 is 23.4 Å². The fraction of sp³-hybridized carbons (Fsp3) is 0.417. The van der Waals surface area contributed by atoms with Crippen molar-refractivity contribution in [1.82, 2.24) is 0 Å². The molecule has 5 heteroatoms. The van der Waals surface area contributed by atoms with Crippen LogP contribution in [0.2, 0.25) is 0 Å². The molecular formula is C12H17NO3S. The van der Waals surface area contributed by atoms with Crippen LogP contribution in [0.3, 0.4) is 0 Å². The van der Waals surface area contributed by atoms with Gasteiger partial charge in [-0.3, -0.25) is 4.79 Å². The van der Waals surface area contributed by atoms with Gasteiger partial charge in [0.15, 0.2) is 0 Å². The molecule has 2 N–H and O–H groups in total. The highest BCUT2D eigenvalue weighted by Crippen LogP contribution is 2.19. The third-order valence-corrected chi connectivity index (χ3v) is 2.88. The van der Waals surface area contributed by atoms with Gasteiger partial charge in [0.2, 0.25) is 5.91 Å². The summed E-state index contributed by atoms with van der Waals surface area (Å²) in [5.41, 5.74) is 0.804. The summed E-state index contributed by atoms with van der Waals surface area (Å²) in [5, 5.41) is 11.2. The summed E-state index contributed by atoms with van der Waals surface area (Å²) in [4.78, 5) is 11.9. The molecule has 0 radical (unpaired) electrons. The Bertz CT molecular complexity index is 340. The minimum absolute atomic E-state index is 0.0656. The maximum atomic E-state index is 10.8. The lowest BCUT2D eigenvalue weighted by Crippen LogP contribution is -2.05. The lowest BCUT2D eigenvalue weighted by Gasteiger charge is -2.05. The van der Waals surface area contributed by atoms with E-state index in [1.54, 1.807) is 11.8 Å². The zero-order chi connectivity index (χ0) is 12.5. The second kappa shape index (κ2) is 8.11. The molecule has 0 aliphatic carbocycles. The van der Waals surface area contributed by atoms with Crippen LogP contribution < -0.4 is 5.32 Å². The van der Waals surface area contributed by atoms with Gasteiger partial charge in [0, 0.05) is 23.3 Å². The fourth-order valence-corrected chi connectivity index (χ4v) is 1.99. The van der Waals surface area contributed by atoms with Crippen LogP contribution in [0.25, 0.3) is 0 Å². The molecule has 17 heavy (non-hydrogen) atoms. The molecule has 0 saturated carbocycles. The summed E-state index contributed by atoms with van der Waals surface area (Å²) in [6, 6.07) is 7.67. The number of benzene rings is 1. The number of hydrogen-bond donors (Lipinski definition) is 2. The van der Waals surface area contributed by atoms with Crippen molar-refractivity contribution in [3.63, 3.8) is 0 Å². The Morgan fingerprint density at radius 3 is 2.65 bits per heavy atom. The van der Waals surface area contributed by atoms with Crippen molar-refractivity contribution in [2.45, 2.75) is 11.8 Å². The molecular weight excluding hydrogens is 238 g/mol. The molecule has 4 nitrogen and oxygen atoms in total. The summed E-state index contributed by atoms with van der Waals surface area (Å²) in [6.45, 7) is 2.57. The van der Waals surface area contributed by atoms with E-state index in [9.17, 15) is 4.79 Å². The number of thioether (sulfide) groups is 1.